The minimum Gasteiger partial charge on any atom is -0.444 e. The molecule has 6 nitrogen and oxygen atoms in total. The summed E-state index contributed by atoms with van der Waals surface area (Å²) in [6.07, 6.45) is -2.71. The Morgan fingerprint density at radius 2 is 2.07 bits per heavy atom. The van der Waals surface area contributed by atoms with Gasteiger partial charge in [0.2, 0.25) is 0 Å². The summed E-state index contributed by atoms with van der Waals surface area (Å²) in [7, 11) is 0. The quantitative estimate of drug-likeness (QED) is 0.575. The molecule has 1 fully saturated rings. The van der Waals surface area contributed by atoms with Crippen molar-refractivity contribution >= 4 is 6.09 Å². The molecule has 1 aliphatic heterocycles. The van der Waals surface area contributed by atoms with Gasteiger partial charge in [0, 0.05) is 6.42 Å². The van der Waals surface area contributed by atoms with Crippen LogP contribution in [0.15, 0.2) is 0 Å². The number of ether oxygens (including phenoxy) is 2. The smallest absolute Gasteiger partial charge is 0.408 e. The molecule has 1 heterocycles. The van der Waals surface area contributed by atoms with Crippen LogP contribution in [0.25, 0.3) is 0 Å². The van der Waals surface area contributed by atoms with E-state index in [-0.39, 0.29) is 6.42 Å². The van der Waals surface area contributed by atoms with Gasteiger partial charge in [0.05, 0.1) is 6.04 Å². The molecule has 0 saturated carbocycles. The van der Waals surface area contributed by atoms with Gasteiger partial charge in [-0.2, -0.15) is 0 Å². The van der Waals surface area contributed by atoms with Crippen LogP contribution in [0.4, 0.5) is 4.79 Å². The molecule has 15 heavy (non-hydrogen) atoms. The molecule has 0 aliphatic carbocycles. The Labute approximate surface area is 88.2 Å². The van der Waals surface area contributed by atoms with Crippen LogP contribution in [0, 0.1) is 0 Å². The Hall–Kier alpha value is -0.850. The number of rotatable bonds is 1. The largest absolute Gasteiger partial charge is 0.444 e. The van der Waals surface area contributed by atoms with E-state index in [1.54, 1.807) is 20.8 Å². The number of carbonyl (C=O) groups excluding carboxylic acids is 1. The first-order valence-electron chi connectivity index (χ1n) is 4.79. The first-order chi connectivity index (χ1) is 6.78. The number of alkyl carbamates (subject to hydrolysis) is 1. The summed E-state index contributed by atoms with van der Waals surface area (Å²) in [6.45, 7) is 5.22. The Kier molecular flexibility index (Phi) is 3.54. The predicted molar refractivity (Wildman–Crippen MR) is 50.9 cm³/mol. The molecule has 3 N–H and O–H groups in total. The number of carbonyl (C=O) groups is 1. The lowest BCUT2D eigenvalue weighted by molar-refractivity contribution is -0.164. The van der Waals surface area contributed by atoms with Crippen LogP contribution in [0.2, 0.25) is 0 Å². The molecule has 1 saturated heterocycles. The second-order valence-corrected chi connectivity index (χ2v) is 4.47. The van der Waals surface area contributed by atoms with E-state index in [1.807, 2.05) is 0 Å². The maximum absolute atomic E-state index is 11.3. The van der Waals surface area contributed by atoms with Crippen molar-refractivity contribution in [2.24, 2.45) is 0 Å². The molecule has 0 spiro atoms. The van der Waals surface area contributed by atoms with E-state index >= 15 is 0 Å². The van der Waals surface area contributed by atoms with Gasteiger partial charge in [-0.25, -0.2) is 4.79 Å². The average molecular weight is 219 g/mol. The number of aliphatic hydroxyl groups is 2. The van der Waals surface area contributed by atoms with E-state index in [2.05, 4.69) is 10.1 Å². The molecular weight excluding hydrogens is 202 g/mol. The van der Waals surface area contributed by atoms with Gasteiger partial charge in [0.15, 0.2) is 12.6 Å². The Bertz CT molecular complexity index is 237. The maximum atomic E-state index is 11.3. The van der Waals surface area contributed by atoms with Gasteiger partial charge in [-0.1, -0.05) is 0 Å². The molecule has 0 aromatic carbocycles. The summed E-state index contributed by atoms with van der Waals surface area (Å²) in [4.78, 5) is 11.3. The molecule has 0 bridgehead atoms. The monoisotopic (exact) mass is 219 g/mol. The van der Waals surface area contributed by atoms with E-state index in [0.29, 0.717) is 0 Å². The van der Waals surface area contributed by atoms with Crippen LogP contribution >= 0.6 is 0 Å². The van der Waals surface area contributed by atoms with Gasteiger partial charge < -0.3 is 25.0 Å². The van der Waals surface area contributed by atoms with E-state index in [0.717, 1.165) is 0 Å². The van der Waals surface area contributed by atoms with E-state index in [1.165, 1.54) is 0 Å². The van der Waals surface area contributed by atoms with Crippen molar-refractivity contribution < 1.29 is 24.5 Å². The second kappa shape index (κ2) is 4.34. The summed E-state index contributed by atoms with van der Waals surface area (Å²) in [5, 5.41) is 20.7. The number of aliphatic hydroxyl groups excluding tert-OH is 2. The molecule has 0 radical (unpaired) electrons. The highest BCUT2D eigenvalue weighted by Crippen LogP contribution is 2.17. The second-order valence-electron chi connectivity index (χ2n) is 4.47. The highest BCUT2D eigenvalue weighted by Gasteiger charge is 2.34. The highest BCUT2D eigenvalue weighted by atomic mass is 16.7. The molecule has 0 aromatic heterocycles. The minimum atomic E-state index is -1.19. The maximum Gasteiger partial charge on any atom is 0.408 e. The van der Waals surface area contributed by atoms with Crippen molar-refractivity contribution in [3.8, 4) is 0 Å². The zero-order valence-corrected chi connectivity index (χ0v) is 9.06. The zero-order valence-electron chi connectivity index (χ0n) is 9.06. The third-order valence-electron chi connectivity index (χ3n) is 1.80. The first kappa shape index (κ1) is 12.2. The summed E-state index contributed by atoms with van der Waals surface area (Å²) in [6, 6.07) is -0.630. The van der Waals surface area contributed by atoms with Gasteiger partial charge in [-0.05, 0) is 20.8 Å². The van der Waals surface area contributed by atoms with E-state index in [9.17, 15) is 9.90 Å². The van der Waals surface area contributed by atoms with E-state index in [4.69, 9.17) is 9.84 Å². The third kappa shape index (κ3) is 4.03. The minimum absolute atomic E-state index is 0.153. The molecule has 1 aliphatic rings. The first-order valence-corrected chi connectivity index (χ1v) is 4.79. The lowest BCUT2D eigenvalue weighted by Gasteiger charge is -2.22. The summed E-state index contributed by atoms with van der Waals surface area (Å²) < 4.78 is 9.63. The lowest BCUT2D eigenvalue weighted by atomic mass is 10.2. The molecule has 1 amide bonds. The molecule has 6 heteroatoms. The zero-order chi connectivity index (χ0) is 11.6. The van der Waals surface area contributed by atoms with Gasteiger partial charge >= 0.3 is 6.09 Å². The third-order valence-corrected chi connectivity index (χ3v) is 1.80. The van der Waals surface area contributed by atoms with Crippen LogP contribution in [0.5, 0.6) is 0 Å². The van der Waals surface area contributed by atoms with Crippen molar-refractivity contribution in [1.29, 1.82) is 0 Å². The van der Waals surface area contributed by atoms with Gasteiger partial charge in [0.25, 0.3) is 0 Å². The Balaban J connectivity index is 2.39. The number of nitrogens with one attached hydrogen (secondary N) is 1. The molecule has 3 atom stereocenters. The fraction of sp³-hybridized carbons (Fsp3) is 0.889. The standard InChI is InChI=1S/C9H17NO5/c1-9(2,3)15-8(13)10-5-4-6(11)14-7(5)12/h5-7,11-12H,4H2,1-3H3,(H,10,13). The fourth-order valence-electron chi connectivity index (χ4n) is 1.23. The number of hydrogen-bond acceptors (Lipinski definition) is 5. The summed E-state index contributed by atoms with van der Waals surface area (Å²) >= 11 is 0. The van der Waals surface area contributed by atoms with Crippen LogP contribution in [-0.4, -0.2) is 40.5 Å². The van der Waals surface area contributed by atoms with Crippen LogP contribution in [0.1, 0.15) is 27.2 Å². The van der Waals surface area contributed by atoms with E-state index < -0.39 is 30.3 Å². The lowest BCUT2D eigenvalue weighted by Crippen LogP contribution is -2.43. The summed E-state index contributed by atoms with van der Waals surface area (Å²) in [5.41, 5.74) is -0.590. The molecule has 3 unspecified atom stereocenters. The van der Waals surface area contributed by atoms with Crippen LogP contribution in [-0.2, 0) is 9.47 Å². The molecule has 0 aromatic rings. The van der Waals surface area contributed by atoms with Gasteiger partial charge in [-0.3, -0.25) is 0 Å². The Morgan fingerprint density at radius 1 is 1.47 bits per heavy atom. The number of hydrogen-bond donors (Lipinski definition) is 3. The van der Waals surface area contributed by atoms with Gasteiger partial charge in [0.1, 0.15) is 5.60 Å². The van der Waals surface area contributed by atoms with Crippen molar-refractivity contribution in [2.75, 3.05) is 0 Å². The van der Waals surface area contributed by atoms with Crippen LogP contribution < -0.4 is 5.32 Å². The van der Waals surface area contributed by atoms with Gasteiger partial charge in [-0.15, -0.1) is 0 Å². The van der Waals surface area contributed by atoms with Crippen molar-refractivity contribution in [3.63, 3.8) is 0 Å². The summed E-state index contributed by atoms with van der Waals surface area (Å²) in [5.74, 6) is 0. The number of amides is 1. The van der Waals surface area contributed by atoms with Crippen molar-refractivity contribution in [1.82, 2.24) is 5.32 Å². The average Bonchev–Trinajstić information content (AvgIpc) is 2.25. The molecule has 88 valence electrons. The fourth-order valence-corrected chi connectivity index (χ4v) is 1.23. The van der Waals surface area contributed by atoms with Crippen LogP contribution in [0.3, 0.4) is 0 Å². The highest BCUT2D eigenvalue weighted by molar-refractivity contribution is 5.68. The molecule has 1 rings (SSSR count). The Morgan fingerprint density at radius 3 is 2.47 bits per heavy atom. The topological polar surface area (TPSA) is 88.0 Å². The molecular formula is C9H17NO5. The normalized spacial score (nSPS) is 31.4. The van der Waals surface area contributed by atoms with Crippen molar-refractivity contribution in [2.45, 2.75) is 51.4 Å². The van der Waals surface area contributed by atoms with Crippen molar-refractivity contribution in [3.05, 3.63) is 0 Å². The predicted octanol–water partition coefficient (Wildman–Crippen LogP) is -0.0632. The SMILES string of the molecule is CC(C)(C)OC(=O)NC1CC(O)OC1O.